The molecule has 0 bridgehead atoms. The third-order valence-corrected chi connectivity index (χ3v) is 9.02. The normalized spacial score (nSPS) is 28.5. The van der Waals surface area contributed by atoms with Crippen molar-refractivity contribution >= 4 is 16.1 Å². The second kappa shape index (κ2) is 9.79. The first-order valence-corrected chi connectivity index (χ1v) is 13.0. The molecule has 3 fully saturated rings. The van der Waals surface area contributed by atoms with Crippen LogP contribution < -0.4 is 10.0 Å². The van der Waals surface area contributed by atoms with Gasteiger partial charge in [0.1, 0.15) is 0 Å². The van der Waals surface area contributed by atoms with E-state index in [0.717, 1.165) is 12.3 Å². The maximum Gasteiger partial charge on any atom is 0.317 e. The third kappa shape index (κ3) is 5.62. The van der Waals surface area contributed by atoms with Crippen molar-refractivity contribution < 1.29 is 13.2 Å². The van der Waals surface area contributed by atoms with Crippen LogP contribution in [-0.2, 0) is 10.0 Å². The highest BCUT2D eigenvalue weighted by molar-refractivity contribution is 7.90. The minimum absolute atomic E-state index is 0.0536. The van der Waals surface area contributed by atoms with Crippen molar-refractivity contribution in [2.75, 3.05) is 13.1 Å². The summed E-state index contributed by atoms with van der Waals surface area (Å²) in [7, 11) is -3.25. The Balaban J connectivity index is 1.49. The standard InChI is InChI=1S/C21H39N3O3S/c1-16(2)28(26,27)23-18-12-14-24(15-13-18)21(25)22-20-11-7-6-10-19(20)17-8-4-3-5-9-17/h16-20,23H,3-15H2,1-2H3,(H,22,25). The van der Waals surface area contributed by atoms with Crippen LogP contribution in [0.5, 0.6) is 0 Å². The molecule has 2 amide bonds. The van der Waals surface area contributed by atoms with Gasteiger partial charge in [-0.1, -0.05) is 44.9 Å². The van der Waals surface area contributed by atoms with E-state index in [4.69, 9.17) is 0 Å². The monoisotopic (exact) mass is 413 g/mol. The topological polar surface area (TPSA) is 78.5 Å². The van der Waals surface area contributed by atoms with Crippen LogP contribution >= 0.6 is 0 Å². The Morgan fingerprint density at radius 3 is 2.14 bits per heavy atom. The number of likely N-dealkylation sites (tertiary alicyclic amines) is 1. The van der Waals surface area contributed by atoms with Crippen molar-refractivity contribution in [2.24, 2.45) is 11.8 Å². The van der Waals surface area contributed by atoms with Crippen LogP contribution in [0.2, 0.25) is 0 Å². The number of amides is 2. The first kappa shape index (κ1) is 21.9. The molecule has 1 heterocycles. The molecule has 7 heteroatoms. The molecule has 0 spiro atoms. The van der Waals surface area contributed by atoms with Gasteiger partial charge in [0.2, 0.25) is 10.0 Å². The van der Waals surface area contributed by atoms with E-state index >= 15 is 0 Å². The van der Waals surface area contributed by atoms with Crippen LogP contribution in [0.15, 0.2) is 0 Å². The van der Waals surface area contributed by atoms with Crippen molar-refractivity contribution in [3.05, 3.63) is 0 Å². The summed E-state index contributed by atoms with van der Waals surface area (Å²) in [5.41, 5.74) is 0. The molecule has 0 aromatic rings. The fraction of sp³-hybridized carbons (Fsp3) is 0.952. The average molecular weight is 414 g/mol. The summed E-state index contributed by atoms with van der Waals surface area (Å²) < 4.78 is 26.9. The van der Waals surface area contributed by atoms with Crippen molar-refractivity contribution in [3.63, 3.8) is 0 Å². The molecule has 3 rings (SSSR count). The molecule has 162 valence electrons. The van der Waals surface area contributed by atoms with Gasteiger partial charge in [0.25, 0.3) is 0 Å². The van der Waals surface area contributed by atoms with Crippen LogP contribution in [0.1, 0.15) is 84.5 Å². The zero-order valence-electron chi connectivity index (χ0n) is 17.7. The van der Waals surface area contributed by atoms with E-state index in [1.54, 1.807) is 13.8 Å². The van der Waals surface area contributed by atoms with Crippen LogP contribution in [0, 0.1) is 11.8 Å². The van der Waals surface area contributed by atoms with E-state index in [1.165, 1.54) is 51.4 Å². The van der Waals surface area contributed by atoms with Crippen LogP contribution in [0.25, 0.3) is 0 Å². The zero-order valence-corrected chi connectivity index (χ0v) is 18.5. The fourth-order valence-electron chi connectivity index (χ4n) is 5.28. The van der Waals surface area contributed by atoms with E-state index in [9.17, 15) is 13.2 Å². The largest absolute Gasteiger partial charge is 0.335 e. The Morgan fingerprint density at radius 1 is 0.893 bits per heavy atom. The molecule has 3 aliphatic rings. The van der Waals surface area contributed by atoms with Gasteiger partial charge in [-0.3, -0.25) is 0 Å². The Labute approximate surface area is 171 Å². The Morgan fingerprint density at radius 2 is 1.50 bits per heavy atom. The van der Waals surface area contributed by atoms with Gasteiger partial charge in [0, 0.05) is 25.2 Å². The summed E-state index contributed by atoms with van der Waals surface area (Å²) in [5, 5.41) is 2.95. The van der Waals surface area contributed by atoms with Gasteiger partial charge >= 0.3 is 6.03 Å². The lowest BCUT2D eigenvalue weighted by Gasteiger charge is -2.41. The molecule has 2 aliphatic carbocycles. The molecule has 0 aromatic carbocycles. The molecule has 2 N–H and O–H groups in total. The van der Waals surface area contributed by atoms with Gasteiger partial charge in [-0.25, -0.2) is 17.9 Å². The van der Waals surface area contributed by atoms with Gasteiger partial charge in [-0.2, -0.15) is 0 Å². The number of carbonyl (C=O) groups is 1. The number of piperidine rings is 1. The van der Waals surface area contributed by atoms with E-state index in [1.807, 2.05) is 4.90 Å². The summed E-state index contributed by atoms with van der Waals surface area (Å²) in [6.45, 7) is 4.63. The molecule has 1 aliphatic heterocycles. The fourth-order valence-corrected chi connectivity index (χ4v) is 6.26. The van der Waals surface area contributed by atoms with E-state index in [2.05, 4.69) is 10.0 Å². The second-order valence-corrected chi connectivity index (χ2v) is 11.6. The molecule has 6 nitrogen and oxygen atoms in total. The first-order chi connectivity index (χ1) is 13.4. The van der Waals surface area contributed by atoms with Crippen molar-refractivity contribution in [1.82, 2.24) is 14.9 Å². The molecule has 0 aromatic heterocycles. The average Bonchev–Trinajstić information content (AvgIpc) is 2.69. The van der Waals surface area contributed by atoms with E-state index in [-0.39, 0.29) is 12.1 Å². The zero-order chi connectivity index (χ0) is 20.1. The lowest BCUT2D eigenvalue weighted by Crippen LogP contribution is -2.54. The number of sulfonamides is 1. The molecule has 2 atom stereocenters. The molecular weight excluding hydrogens is 374 g/mol. The van der Waals surface area contributed by atoms with Crippen molar-refractivity contribution in [3.8, 4) is 0 Å². The van der Waals surface area contributed by atoms with Gasteiger partial charge < -0.3 is 10.2 Å². The quantitative estimate of drug-likeness (QED) is 0.722. The number of nitrogens with one attached hydrogen (secondary N) is 2. The number of rotatable bonds is 5. The maximum absolute atomic E-state index is 12.9. The van der Waals surface area contributed by atoms with Gasteiger partial charge in [0.05, 0.1) is 5.25 Å². The van der Waals surface area contributed by atoms with Crippen molar-refractivity contribution in [1.29, 1.82) is 0 Å². The molecule has 0 radical (unpaired) electrons. The highest BCUT2D eigenvalue weighted by Crippen LogP contribution is 2.38. The Bertz CT molecular complexity index is 608. The summed E-state index contributed by atoms with van der Waals surface area (Å²) in [6.07, 6.45) is 13.0. The number of hydrogen-bond donors (Lipinski definition) is 2. The van der Waals surface area contributed by atoms with Crippen LogP contribution in [0.4, 0.5) is 4.79 Å². The Hall–Kier alpha value is -0.820. The summed E-state index contributed by atoms with van der Waals surface area (Å²) in [5.74, 6) is 1.43. The third-order valence-electron chi connectivity index (χ3n) is 7.12. The molecule has 2 saturated carbocycles. The molecule has 2 unspecified atom stereocenters. The maximum atomic E-state index is 12.9. The molecular formula is C21H39N3O3S. The molecule has 1 saturated heterocycles. The number of nitrogens with zero attached hydrogens (tertiary/aromatic N) is 1. The minimum Gasteiger partial charge on any atom is -0.335 e. The van der Waals surface area contributed by atoms with Gasteiger partial charge in [-0.05, 0) is 51.4 Å². The first-order valence-electron chi connectivity index (χ1n) is 11.4. The highest BCUT2D eigenvalue weighted by atomic mass is 32.2. The summed E-state index contributed by atoms with van der Waals surface area (Å²) in [6, 6.07) is 0.320. The highest BCUT2D eigenvalue weighted by Gasteiger charge is 2.35. The molecule has 28 heavy (non-hydrogen) atoms. The van der Waals surface area contributed by atoms with Gasteiger partial charge in [-0.15, -0.1) is 0 Å². The second-order valence-electron chi connectivity index (χ2n) is 9.38. The van der Waals surface area contributed by atoms with E-state index < -0.39 is 15.3 Å². The predicted octanol–water partition coefficient (Wildman–Crippen LogP) is 3.63. The van der Waals surface area contributed by atoms with Crippen LogP contribution in [0.3, 0.4) is 0 Å². The smallest absolute Gasteiger partial charge is 0.317 e. The van der Waals surface area contributed by atoms with E-state index in [0.29, 0.717) is 37.9 Å². The van der Waals surface area contributed by atoms with Crippen LogP contribution in [-0.4, -0.2) is 49.8 Å². The summed E-state index contributed by atoms with van der Waals surface area (Å²) in [4.78, 5) is 14.8. The predicted molar refractivity (Wildman–Crippen MR) is 113 cm³/mol. The van der Waals surface area contributed by atoms with Gasteiger partial charge in [0.15, 0.2) is 0 Å². The number of hydrogen-bond acceptors (Lipinski definition) is 3. The lowest BCUT2D eigenvalue weighted by molar-refractivity contribution is 0.134. The summed E-state index contributed by atoms with van der Waals surface area (Å²) >= 11 is 0. The number of carbonyl (C=O) groups excluding carboxylic acids is 1. The van der Waals surface area contributed by atoms with Crippen molar-refractivity contribution in [2.45, 2.75) is 102 Å². The lowest BCUT2D eigenvalue weighted by atomic mass is 9.71. The SMILES string of the molecule is CC(C)S(=O)(=O)NC1CCN(C(=O)NC2CCCCC2C2CCCCC2)CC1. The minimum atomic E-state index is -3.25. The number of urea groups is 1. The Kier molecular flexibility index (Phi) is 7.65.